The molecule has 23 heavy (non-hydrogen) atoms. The van der Waals surface area contributed by atoms with Crippen LogP contribution in [0.2, 0.25) is 5.02 Å². The summed E-state index contributed by atoms with van der Waals surface area (Å²) in [7, 11) is 0. The maximum atomic E-state index is 12.1. The summed E-state index contributed by atoms with van der Waals surface area (Å²) in [5, 5.41) is 12.2. The van der Waals surface area contributed by atoms with Crippen molar-refractivity contribution >= 4 is 23.6 Å². The Bertz CT molecular complexity index is 637. The first kappa shape index (κ1) is 15.7. The zero-order valence-corrected chi connectivity index (χ0v) is 13.1. The van der Waals surface area contributed by atoms with Gasteiger partial charge in [0.25, 0.3) is 0 Å². The number of nitrogens with zero attached hydrogens (tertiary/aromatic N) is 1. The molecule has 2 amide bonds. The Morgan fingerprint density at radius 2 is 2.13 bits per heavy atom. The van der Waals surface area contributed by atoms with Crippen LogP contribution in [0.15, 0.2) is 12.1 Å². The van der Waals surface area contributed by atoms with Gasteiger partial charge in [0.1, 0.15) is 13.2 Å². The lowest BCUT2D eigenvalue weighted by Gasteiger charge is -2.21. The van der Waals surface area contributed by atoms with E-state index in [2.05, 4.69) is 5.32 Å². The van der Waals surface area contributed by atoms with E-state index in [1.807, 2.05) is 0 Å². The predicted molar refractivity (Wildman–Crippen MR) is 82.0 cm³/mol. The quantitative estimate of drug-likeness (QED) is 0.874. The number of carboxylic acid groups (broad SMARTS) is 1. The van der Waals surface area contributed by atoms with Gasteiger partial charge in [0.2, 0.25) is 0 Å². The largest absolute Gasteiger partial charge is 0.486 e. The maximum absolute atomic E-state index is 12.1. The van der Waals surface area contributed by atoms with Gasteiger partial charge >= 0.3 is 12.0 Å². The molecule has 2 heterocycles. The van der Waals surface area contributed by atoms with Gasteiger partial charge in [-0.2, -0.15) is 0 Å². The van der Waals surface area contributed by atoms with Crippen LogP contribution in [0.1, 0.15) is 12.0 Å². The van der Waals surface area contributed by atoms with E-state index in [1.54, 1.807) is 12.1 Å². The number of hydrogen-bond donors (Lipinski definition) is 2. The number of carbonyl (C=O) groups excluding carboxylic acids is 1. The molecule has 0 bridgehead atoms. The number of nitrogens with one attached hydrogen (secondary N) is 1. The van der Waals surface area contributed by atoms with E-state index < -0.39 is 11.9 Å². The van der Waals surface area contributed by atoms with Crippen molar-refractivity contribution in [1.29, 1.82) is 0 Å². The molecule has 2 aliphatic rings. The number of rotatable bonds is 3. The lowest BCUT2D eigenvalue weighted by atomic mass is 10.1. The highest BCUT2D eigenvalue weighted by Crippen LogP contribution is 2.38. The maximum Gasteiger partial charge on any atom is 0.317 e. The van der Waals surface area contributed by atoms with Gasteiger partial charge in [-0.15, -0.1) is 0 Å². The lowest BCUT2D eigenvalue weighted by molar-refractivity contribution is -0.141. The molecule has 1 aromatic rings. The topological polar surface area (TPSA) is 88.1 Å². The summed E-state index contributed by atoms with van der Waals surface area (Å²) >= 11 is 6.15. The van der Waals surface area contributed by atoms with Crippen molar-refractivity contribution < 1.29 is 24.2 Å². The number of halogens is 1. The molecule has 1 saturated heterocycles. The Morgan fingerprint density at radius 1 is 1.35 bits per heavy atom. The Balaban J connectivity index is 1.59. The van der Waals surface area contributed by atoms with Crippen molar-refractivity contribution in [2.75, 3.05) is 26.3 Å². The summed E-state index contributed by atoms with van der Waals surface area (Å²) in [6, 6.07) is 3.23. The molecule has 3 rings (SSSR count). The van der Waals surface area contributed by atoms with E-state index in [9.17, 15) is 9.59 Å². The first-order valence-corrected chi connectivity index (χ1v) is 7.76. The molecule has 2 aliphatic heterocycles. The van der Waals surface area contributed by atoms with Crippen molar-refractivity contribution in [3.8, 4) is 11.5 Å². The molecule has 1 aromatic carbocycles. The smallest absolute Gasteiger partial charge is 0.317 e. The van der Waals surface area contributed by atoms with Gasteiger partial charge in [-0.25, -0.2) is 4.79 Å². The predicted octanol–water partition coefficient (Wildman–Crippen LogP) is 1.73. The normalized spacial score (nSPS) is 19.5. The Morgan fingerprint density at radius 3 is 2.87 bits per heavy atom. The molecular formula is C15H17ClN2O5. The molecule has 1 fully saturated rings. The number of likely N-dealkylation sites (tertiary alicyclic amines) is 1. The van der Waals surface area contributed by atoms with E-state index in [-0.39, 0.29) is 19.1 Å². The first-order chi connectivity index (χ1) is 11.0. The van der Waals surface area contributed by atoms with Crippen LogP contribution in [0.4, 0.5) is 4.79 Å². The van der Waals surface area contributed by atoms with E-state index in [4.69, 9.17) is 26.2 Å². The van der Waals surface area contributed by atoms with E-state index in [0.717, 1.165) is 5.56 Å². The molecule has 0 aromatic heterocycles. The minimum atomic E-state index is -0.862. The molecule has 124 valence electrons. The van der Waals surface area contributed by atoms with Crippen LogP contribution < -0.4 is 14.8 Å². The second-order valence-corrected chi connectivity index (χ2v) is 5.94. The molecule has 0 aliphatic carbocycles. The summed E-state index contributed by atoms with van der Waals surface area (Å²) in [5.41, 5.74) is 0.793. The number of ether oxygens (including phenoxy) is 2. The van der Waals surface area contributed by atoms with Gasteiger partial charge in [0.05, 0.1) is 10.9 Å². The standard InChI is InChI=1S/C15H17ClN2O5/c16-11-5-9(6-12-13(11)23-4-3-22-12)7-17-15(21)18-2-1-10(8-18)14(19)20/h5-6,10H,1-4,7-8H2,(H,17,21)(H,19,20). The molecule has 0 radical (unpaired) electrons. The van der Waals surface area contributed by atoms with Gasteiger partial charge in [-0.3, -0.25) is 4.79 Å². The van der Waals surface area contributed by atoms with Gasteiger partial charge in [0, 0.05) is 19.6 Å². The summed E-state index contributed by atoms with van der Waals surface area (Å²) in [6.07, 6.45) is 0.485. The highest BCUT2D eigenvalue weighted by Gasteiger charge is 2.30. The van der Waals surface area contributed by atoms with Crippen LogP contribution in [-0.4, -0.2) is 48.3 Å². The van der Waals surface area contributed by atoms with Gasteiger partial charge < -0.3 is 24.8 Å². The third-order valence-electron chi connectivity index (χ3n) is 3.93. The monoisotopic (exact) mass is 340 g/mol. The molecule has 2 N–H and O–H groups in total. The summed E-state index contributed by atoms with van der Waals surface area (Å²) in [4.78, 5) is 24.5. The van der Waals surface area contributed by atoms with Crippen molar-refractivity contribution in [1.82, 2.24) is 10.2 Å². The number of fused-ring (bicyclic) bond motifs is 1. The zero-order valence-electron chi connectivity index (χ0n) is 12.4. The second kappa shape index (κ2) is 6.54. The van der Waals surface area contributed by atoms with Crippen LogP contribution in [0, 0.1) is 5.92 Å². The highest BCUT2D eigenvalue weighted by molar-refractivity contribution is 6.32. The van der Waals surface area contributed by atoms with Crippen molar-refractivity contribution in [2.45, 2.75) is 13.0 Å². The Labute approximate surface area is 138 Å². The van der Waals surface area contributed by atoms with Gasteiger partial charge in [0.15, 0.2) is 11.5 Å². The fourth-order valence-electron chi connectivity index (χ4n) is 2.70. The average Bonchev–Trinajstić information content (AvgIpc) is 3.03. The van der Waals surface area contributed by atoms with E-state index in [1.165, 1.54) is 4.90 Å². The highest BCUT2D eigenvalue weighted by atomic mass is 35.5. The molecule has 1 unspecified atom stereocenters. The third-order valence-corrected chi connectivity index (χ3v) is 4.21. The summed E-state index contributed by atoms with van der Waals surface area (Å²) < 4.78 is 10.9. The van der Waals surface area contributed by atoms with Crippen LogP contribution >= 0.6 is 11.6 Å². The molecule has 0 saturated carbocycles. The van der Waals surface area contributed by atoms with Crippen molar-refractivity contribution in [3.05, 3.63) is 22.7 Å². The number of amides is 2. The Kier molecular flexibility index (Phi) is 4.47. The van der Waals surface area contributed by atoms with Crippen LogP contribution in [-0.2, 0) is 11.3 Å². The van der Waals surface area contributed by atoms with Gasteiger partial charge in [-0.05, 0) is 24.1 Å². The van der Waals surface area contributed by atoms with E-state index >= 15 is 0 Å². The number of carbonyl (C=O) groups is 2. The molecular weight excluding hydrogens is 324 g/mol. The van der Waals surface area contributed by atoms with Crippen molar-refractivity contribution in [3.63, 3.8) is 0 Å². The summed E-state index contributed by atoms with van der Waals surface area (Å²) in [5.74, 6) is -0.250. The molecule has 1 atom stereocenters. The average molecular weight is 341 g/mol. The summed E-state index contributed by atoms with van der Waals surface area (Å²) in [6.45, 7) is 1.89. The van der Waals surface area contributed by atoms with Crippen LogP contribution in [0.25, 0.3) is 0 Å². The first-order valence-electron chi connectivity index (χ1n) is 7.38. The van der Waals surface area contributed by atoms with E-state index in [0.29, 0.717) is 42.7 Å². The second-order valence-electron chi connectivity index (χ2n) is 5.53. The number of hydrogen-bond acceptors (Lipinski definition) is 4. The minimum Gasteiger partial charge on any atom is -0.486 e. The fraction of sp³-hybridized carbons (Fsp3) is 0.467. The molecule has 8 heteroatoms. The third kappa shape index (κ3) is 3.44. The number of urea groups is 1. The minimum absolute atomic E-state index is 0.239. The molecule has 0 spiro atoms. The SMILES string of the molecule is O=C(O)C1CCN(C(=O)NCc2cc(Cl)c3c(c2)OCCO3)C1. The fourth-order valence-corrected chi connectivity index (χ4v) is 2.99. The number of aliphatic carboxylic acids is 1. The van der Waals surface area contributed by atoms with Gasteiger partial charge in [-0.1, -0.05) is 11.6 Å². The number of carboxylic acids is 1. The van der Waals surface area contributed by atoms with Crippen LogP contribution in [0.3, 0.4) is 0 Å². The van der Waals surface area contributed by atoms with Crippen LogP contribution in [0.5, 0.6) is 11.5 Å². The lowest BCUT2D eigenvalue weighted by Crippen LogP contribution is -2.38. The zero-order chi connectivity index (χ0) is 16.4. The number of benzene rings is 1. The molecule has 7 nitrogen and oxygen atoms in total. The van der Waals surface area contributed by atoms with Crippen molar-refractivity contribution in [2.24, 2.45) is 5.92 Å². The Hall–Kier alpha value is -2.15.